The molecule has 0 aromatic heterocycles. The average Bonchev–Trinajstić information content (AvgIpc) is 2.38. The number of carbonyl (C=O) groups is 2. The van der Waals surface area contributed by atoms with Gasteiger partial charge in [0.05, 0.1) is 18.4 Å². The van der Waals surface area contributed by atoms with E-state index in [1.165, 1.54) is 4.90 Å². The molecule has 2 amide bonds. The van der Waals surface area contributed by atoms with E-state index < -0.39 is 11.9 Å². The van der Waals surface area contributed by atoms with E-state index in [9.17, 15) is 9.59 Å². The fourth-order valence-electron chi connectivity index (χ4n) is 2.33. The van der Waals surface area contributed by atoms with Gasteiger partial charge < -0.3 is 15.3 Å². The van der Waals surface area contributed by atoms with Crippen molar-refractivity contribution in [1.82, 2.24) is 10.2 Å². The molecule has 19 heavy (non-hydrogen) atoms. The van der Waals surface area contributed by atoms with Crippen LogP contribution in [-0.4, -0.2) is 41.1 Å². The third-order valence-corrected chi connectivity index (χ3v) is 3.76. The van der Waals surface area contributed by atoms with Crippen LogP contribution in [0, 0.1) is 17.2 Å². The molecule has 106 valence electrons. The highest BCUT2D eigenvalue weighted by Gasteiger charge is 2.32. The quantitative estimate of drug-likeness (QED) is 0.808. The first-order valence-corrected chi connectivity index (χ1v) is 6.60. The Morgan fingerprint density at radius 2 is 2.11 bits per heavy atom. The summed E-state index contributed by atoms with van der Waals surface area (Å²) < 4.78 is 0. The second-order valence-corrected chi connectivity index (χ2v) is 5.11. The third kappa shape index (κ3) is 4.12. The van der Waals surface area contributed by atoms with Crippen molar-refractivity contribution in [3.05, 3.63) is 0 Å². The molecule has 6 nitrogen and oxygen atoms in total. The minimum atomic E-state index is -0.849. The lowest BCUT2D eigenvalue weighted by atomic mass is 9.84. The lowest BCUT2D eigenvalue weighted by Crippen LogP contribution is -2.51. The van der Waals surface area contributed by atoms with Gasteiger partial charge >= 0.3 is 12.0 Å². The van der Waals surface area contributed by atoms with Crippen molar-refractivity contribution in [2.75, 3.05) is 7.05 Å². The van der Waals surface area contributed by atoms with Crippen molar-refractivity contribution in [3.63, 3.8) is 0 Å². The normalized spacial score (nSPS) is 24.1. The van der Waals surface area contributed by atoms with Crippen molar-refractivity contribution >= 4 is 12.0 Å². The third-order valence-electron chi connectivity index (χ3n) is 3.76. The van der Waals surface area contributed by atoms with E-state index in [1.807, 2.05) is 6.07 Å². The first kappa shape index (κ1) is 15.3. The van der Waals surface area contributed by atoms with Gasteiger partial charge in [-0.3, -0.25) is 4.79 Å². The number of amides is 2. The molecular weight excluding hydrogens is 246 g/mol. The Balaban J connectivity index is 2.59. The summed E-state index contributed by atoms with van der Waals surface area (Å²) in [5, 5.41) is 20.5. The number of carbonyl (C=O) groups excluding carboxylic acids is 1. The van der Waals surface area contributed by atoms with Gasteiger partial charge in [-0.2, -0.15) is 5.26 Å². The maximum absolute atomic E-state index is 12.0. The summed E-state index contributed by atoms with van der Waals surface area (Å²) in [6, 6.07) is 1.22. The van der Waals surface area contributed by atoms with Crippen LogP contribution in [0.4, 0.5) is 4.79 Å². The van der Waals surface area contributed by atoms with Crippen LogP contribution in [0.15, 0.2) is 0 Å². The maximum Gasteiger partial charge on any atom is 0.317 e. The first-order chi connectivity index (χ1) is 8.97. The summed E-state index contributed by atoms with van der Waals surface area (Å²) in [7, 11) is 1.62. The standard InChI is InChI=1S/C13H21N3O3/c1-9(7-8-14)16(2)13(19)15-11-6-4-3-5-10(11)12(17)18/h9-11H,3-7H2,1-2H3,(H,15,19)(H,17,18). The highest BCUT2D eigenvalue weighted by atomic mass is 16.4. The number of urea groups is 1. The molecule has 0 heterocycles. The molecule has 0 aliphatic heterocycles. The molecule has 6 heteroatoms. The Bertz CT molecular complexity index is 378. The first-order valence-electron chi connectivity index (χ1n) is 6.60. The van der Waals surface area contributed by atoms with Gasteiger partial charge in [0.15, 0.2) is 0 Å². The lowest BCUT2D eigenvalue weighted by Gasteiger charge is -2.32. The number of rotatable bonds is 4. The fraction of sp³-hybridized carbons (Fsp3) is 0.769. The molecule has 1 rings (SSSR count). The number of carboxylic acids is 1. The van der Waals surface area contributed by atoms with E-state index >= 15 is 0 Å². The second-order valence-electron chi connectivity index (χ2n) is 5.11. The Morgan fingerprint density at radius 3 is 2.68 bits per heavy atom. The van der Waals surface area contributed by atoms with Crippen molar-refractivity contribution in [3.8, 4) is 6.07 Å². The second kappa shape index (κ2) is 6.98. The molecule has 1 fully saturated rings. The van der Waals surface area contributed by atoms with E-state index in [1.54, 1.807) is 14.0 Å². The number of nitrogens with one attached hydrogen (secondary N) is 1. The van der Waals surface area contributed by atoms with Crippen LogP contribution < -0.4 is 5.32 Å². The molecule has 0 spiro atoms. The molecule has 3 atom stereocenters. The van der Waals surface area contributed by atoms with E-state index in [4.69, 9.17) is 10.4 Å². The monoisotopic (exact) mass is 267 g/mol. The zero-order valence-corrected chi connectivity index (χ0v) is 11.4. The smallest absolute Gasteiger partial charge is 0.317 e. The van der Waals surface area contributed by atoms with Gasteiger partial charge in [-0.1, -0.05) is 12.8 Å². The largest absolute Gasteiger partial charge is 0.481 e. The molecule has 1 saturated carbocycles. The van der Waals surface area contributed by atoms with Gasteiger partial charge in [-0.05, 0) is 19.8 Å². The van der Waals surface area contributed by atoms with Crippen LogP contribution in [0.2, 0.25) is 0 Å². The molecule has 0 aromatic rings. The van der Waals surface area contributed by atoms with Crippen LogP contribution in [-0.2, 0) is 4.79 Å². The van der Waals surface area contributed by atoms with E-state index in [2.05, 4.69) is 5.32 Å². The summed E-state index contributed by atoms with van der Waals surface area (Å²) in [6.07, 6.45) is 3.40. The molecule has 0 saturated heterocycles. The zero-order chi connectivity index (χ0) is 14.4. The van der Waals surface area contributed by atoms with E-state index in [-0.39, 0.29) is 24.5 Å². The van der Waals surface area contributed by atoms with Gasteiger partial charge in [0.2, 0.25) is 0 Å². The Morgan fingerprint density at radius 1 is 1.47 bits per heavy atom. The van der Waals surface area contributed by atoms with Crippen LogP contribution >= 0.6 is 0 Å². The van der Waals surface area contributed by atoms with Gasteiger partial charge in [-0.25, -0.2) is 4.79 Å². The molecule has 3 unspecified atom stereocenters. The number of nitriles is 1. The SMILES string of the molecule is CC(CC#N)N(C)C(=O)NC1CCCCC1C(=O)O. The van der Waals surface area contributed by atoms with Crippen LogP contribution in [0.25, 0.3) is 0 Å². The van der Waals surface area contributed by atoms with Crippen LogP contribution in [0.3, 0.4) is 0 Å². The lowest BCUT2D eigenvalue weighted by molar-refractivity contribution is -0.143. The van der Waals surface area contributed by atoms with E-state index in [0.717, 1.165) is 12.8 Å². The maximum atomic E-state index is 12.0. The molecular formula is C13H21N3O3. The summed E-state index contributed by atoms with van der Waals surface area (Å²) in [6.45, 7) is 1.79. The predicted molar refractivity (Wildman–Crippen MR) is 69.4 cm³/mol. The van der Waals surface area contributed by atoms with Gasteiger partial charge in [0.1, 0.15) is 0 Å². The van der Waals surface area contributed by atoms with Crippen molar-refractivity contribution in [1.29, 1.82) is 5.26 Å². The Hall–Kier alpha value is -1.77. The number of carboxylic acid groups (broad SMARTS) is 1. The average molecular weight is 267 g/mol. The van der Waals surface area contributed by atoms with E-state index in [0.29, 0.717) is 12.8 Å². The van der Waals surface area contributed by atoms with Gasteiger partial charge in [0, 0.05) is 19.1 Å². The summed E-state index contributed by atoms with van der Waals surface area (Å²) >= 11 is 0. The fourth-order valence-corrected chi connectivity index (χ4v) is 2.33. The van der Waals surface area contributed by atoms with Crippen molar-refractivity contribution < 1.29 is 14.7 Å². The topological polar surface area (TPSA) is 93.4 Å². The van der Waals surface area contributed by atoms with Crippen LogP contribution in [0.5, 0.6) is 0 Å². The van der Waals surface area contributed by atoms with Crippen molar-refractivity contribution in [2.45, 2.75) is 51.1 Å². The highest BCUT2D eigenvalue weighted by Crippen LogP contribution is 2.24. The minimum absolute atomic E-state index is 0.183. The zero-order valence-electron chi connectivity index (χ0n) is 11.4. The molecule has 1 aliphatic carbocycles. The molecule has 1 aliphatic rings. The summed E-state index contributed by atoms with van der Waals surface area (Å²) in [4.78, 5) is 24.6. The number of aliphatic carboxylic acids is 1. The van der Waals surface area contributed by atoms with Crippen LogP contribution in [0.1, 0.15) is 39.0 Å². The summed E-state index contributed by atoms with van der Waals surface area (Å²) in [5.74, 6) is -1.35. The number of nitrogens with zero attached hydrogens (tertiary/aromatic N) is 2. The highest BCUT2D eigenvalue weighted by molar-refractivity contribution is 5.77. The van der Waals surface area contributed by atoms with Gasteiger partial charge in [0.25, 0.3) is 0 Å². The number of hydrogen-bond acceptors (Lipinski definition) is 3. The molecule has 0 radical (unpaired) electrons. The Labute approximate surface area is 113 Å². The predicted octanol–water partition coefficient (Wildman–Crippen LogP) is 1.57. The molecule has 0 bridgehead atoms. The summed E-state index contributed by atoms with van der Waals surface area (Å²) in [5.41, 5.74) is 0. The van der Waals surface area contributed by atoms with Gasteiger partial charge in [-0.15, -0.1) is 0 Å². The number of hydrogen-bond donors (Lipinski definition) is 2. The Kier molecular flexibility index (Phi) is 5.61. The molecule has 0 aromatic carbocycles. The van der Waals surface area contributed by atoms with Crippen molar-refractivity contribution in [2.24, 2.45) is 5.92 Å². The minimum Gasteiger partial charge on any atom is -0.481 e. The molecule has 2 N–H and O–H groups in total.